The Kier molecular flexibility index (Phi) is 7.56. The summed E-state index contributed by atoms with van der Waals surface area (Å²) in [4.78, 5) is 35.2. The smallest absolute Gasteiger partial charge is 0.243 e. The Morgan fingerprint density at radius 1 is 0.893 bits per heavy atom. The maximum absolute atomic E-state index is 12.0. The van der Waals surface area contributed by atoms with Crippen LogP contribution >= 0.6 is 0 Å². The molecule has 0 aliphatic heterocycles. The summed E-state index contributed by atoms with van der Waals surface area (Å²) in [5.74, 6) is 0.630. The lowest BCUT2D eigenvalue weighted by Gasteiger charge is -2.10. The summed E-state index contributed by atoms with van der Waals surface area (Å²) in [5.41, 5.74) is 2.07. The molecule has 0 unspecified atom stereocenters. The number of hydrogen-bond acceptors (Lipinski definition) is 5. The van der Waals surface area contributed by atoms with Crippen LogP contribution in [0.3, 0.4) is 0 Å². The van der Waals surface area contributed by atoms with E-state index in [1.54, 1.807) is 44.6 Å². The molecule has 28 heavy (non-hydrogen) atoms. The summed E-state index contributed by atoms with van der Waals surface area (Å²) in [6.45, 7) is 1.35. The molecule has 0 radical (unpaired) electrons. The topological polar surface area (TPSA) is 93.7 Å². The van der Waals surface area contributed by atoms with Crippen LogP contribution in [0.15, 0.2) is 42.5 Å². The fourth-order valence-corrected chi connectivity index (χ4v) is 2.55. The highest BCUT2D eigenvalue weighted by Crippen LogP contribution is 2.27. The van der Waals surface area contributed by atoms with Crippen LogP contribution in [-0.4, -0.2) is 38.4 Å². The van der Waals surface area contributed by atoms with Crippen LogP contribution < -0.4 is 20.1 Å². The highest BCUT2D eigenvalue weighted by molar-refractivity contribution is 5.96. The molecule has 7 nitrogen and oxygen atoms in total. The summed E-state index contributed by atoms with van der Waals surface area (Å²) in [5, 5.41) is 5.26. The van der Waals surface area contributed by atoms with Crippen LogP contribution in [0.2, 0.25) is 0 Å². The SMILES string of the molecule is COc1ccc(CCC(=O)NCC(=O)Nc2ccc(C(C)=O)cc2)cc1OC. The zero-order chi connectivity index (χ0) is 20.5. The lowest BCUT2D eigenvalue weighted by Crippen LogP contribution is -2.32. The fraction of sp³-hybridized carbons (Fsp3) is 0.286. The Hall–Kier alpha value is -3.35. The minimum Gasteiger partial charge on any atom is -0.493 e. The van der Waals surface area contributed by atoms with Crippen molar-refractivity contribution in [2.24, 2.45) is 0 Å². The highest BCUT2D eigenvalue weighted by atomic mass is 16.5. The van der Waals surface area contributed by atoms with Gasteiger partial charge in [-0.2, -0.15) is 0 Å². The molecule has 0 heterocycles. The molecule has 2 amide bonds. The van der Waals surface area contributed by atoms with Gasteiger partial charge in [-0.1, -0.05) is 6.07 Å². The van der Waals surface area contributed by atoms with Gasteiger partial charge in [0.15, 0.2) is 17.3 Å². The number of benzene rings is 2. The monoisotopic (exact) mass is 384 g/mol. The summed E-state index contributed by atoms with van der Waals surface area (Å²) < 4.78 is 10.4. The maximum atomic E-state index is 12.0. The van der Waals surface area contributed by atoms with Crippen molar-refractivity contribution < 1.29 is 23.9 Å². The zero-order valence-corrected chi connectivity index (χ0v) is 16.2. The number of Topliss-reactive ketones (excluding diaryl/α,β-unsaturated/α-hetero) is 1. The standard InChI is InChI=1S/C21H24N2O5/c1-14(24)16-6-8-17(9-7-16)23-21(26)13-22-20(25)11-5-15-4-10-18(27-2)19(12-15)28-3/h4,6-10,12H,5,11,13H2,1-3H3,(H,22,25)(H,23,26). The van der Waals surface area contributed by atoms with E-state index < -0.39 is 0 Å². The van der Waals surface area contributed by atoms with Crippen LogP contribution in [-0.2, 0) is 16.0 Å². The number of hydrogen-bond donors (Lipinski definition) is 2. The number of methoxy groups -OCH3 is 2. The van der Waals surface area contributed by atoms with Gasteiger partial charge in [0.25, 0.3) is 0 Å². The minimum atomic E-state index is -0.338. The molecule has 0 atom stereocenters. The second-order valence-corrected chi connectivity index (χ2v) is 6.15. The normalized spacial score (nSPS) is 10.1. The first-order chi connectivity index (χ1) is 13.4. The van der Waals surface area contributed by atoms with Crippen molar-refractivity contribution >= 4 is 23.3 Å². The number of amides is 2. The van der Waals surface area contributed by atoms with Crippen LogP contribution in [0.1, 0.15) is 29.3 Å². The average Bonchev–Trinajstić information content (AvgIpc) is 2.70. The Balaban J connectivity index is 1.77. The van der Waals surface area contributed by atoms with Crippen LogP contribution in [0.25, 0.3) is 0 Å². The number of nitrogens with one attached hydrogen (secondary N) is 2. The number of carbonyl (C=O) groups is 3. The van der Waals surface area contributed by atoms with Gasteiger partial charge in [0.1, 0.15) is 0 Å². The Labute approximate surface area is 164 Å². The predicted molar refractivity (Wildman–Crippen MR) is 106 cm³/mol. The third kappa shape index (κ3) is 6.12. The van der Waals surface area contributed by atoms with E-state index in [1.165, 1.54) is 6.92 Å². The van der Waals surface area contributed by atoms with Crippen molar-refractivity contribution in [2.45, 2.75) is 19.8 Å². The largest absolute Gasteiger partial charge is 0.493 e. The van der Waals surface area contributed by atoms with Gasteiger partial charge in [-0.3, -0.25) is 14.4 Å². The minimum absolute atomic E-state index is 0.0420. The first-order valence-electron chi connectivity index (χ1n) is 8.81. The van der Waals surface area contributed by atoms with E-state index in [4.69, 9.17) is 9.47 Å². The number of ketones is 1. The van der Waals surface area contributed by atoms with Crippen molar-refractivity contribution in [3.05, 3.63) is 53.6 Å². The third-order valence-corrected chi connectivity index (χ3v) is 4.11. The van der Waals surface area contributed by atoms with E-state index in [-0.39, 0.29) is 30.6 Å². The average molecular weight is 384 g/mol. The fourth-order valence-electron chi connectivity index (χ4n) is 2.55. The molecule has 0 spiro atoms. The molecule has 0 saturated carbocycles. The quantitative estimate of drug-likeness (QED) is 0.648. The molecule has 0 fully saturated rings. The van der Waals surface area contributed by atoms with E-state index in [0.717, 1.165) is 5.56 Å². The van der Waals surface area contributed by atoms with E-state index in [2.05, 4.69) is 10.6 Å². The van der Waals surface area contributed by atoms with E-state index >= 15 is 0 Å². The molecule has 2 aromatic rings. The molecule has 0 aliphatic rings. The molecular weight excluding hydrogens is 360 g/mol. The number of aryl methyl sites for hydroxylation is 1. The van der Waals surface area contributed by atoms with Gasteiger partial charge in [0.2, 0.25) is 11.8 Å². The van der Waals surface area contributed by atoms with Crippen molar-refractivity contribution in [3.63, 3.8) is 0 Å². The summed E-state index contributed by atoms with van der Waals surface area (Å²) in [6, 6.07) is 12.0. The van der Waals surface area contributed by atoms with Gasteiger partial charge < -0.3 is 20.1 Å². The molecule has 0 bridgehead atoms. The van der Waals surface area contributed by atoms with E-state index in [0.29, 0.717) is 29.2 Å². The lowest BCUT2D eigenvalue weighted by atomic mass is 10.1. The van der Waals surface area contributed by atoms with Crippen molar-refractivity contribution in [3.8, 4) is 11.5 Å². The summed E-state index contributed by atoms with van der Waals surface area (Å²) in [7, 11) is 3.12. The van der Waals surface area contributed by atoms with Crippen molar-refractivity contribution in [1.82, 2.24) is 5.32 Å². The van der Waals surface area contributed by atoms with Crippen LogP contribution in [0, 0.1) is 0 Å². The van der Waals surface area contributed by atoms with Crippen molar-refractivity contribution in [2.75, 3.05) is 26.1 Å². The number of carbonyl (C=O) groups excluding carboxylic acids is 3. The third-order valence-electron chi connectivity index (χ3n) is 4.11. The molecular formula is C21H24N2O5. The molecule has 0 saturated heterocycles. The molecule has 2 rings (SSSR count). The molecule has 2 aromatic carbocycles. The molecule has 0 aromatic heterocycles. The Morgan fingerprint density at radius 3 is 2.18 bits per heavy atom. The van der Waals surface area contributed by atoms with Gasteiger partial charge >= 0.3 is 0 Å². The molecule has 0 aliphatic carbocycles. The van der Waals surface area contributed by atoms with Gasteiger partial charge in [0, 0.05) is 17.7 Å². The van der Waals surface area contributed by atoms with Crippen LogP contribution in [0.4, 0.5) is 5.69 Å². The number of anilines is 1. The first-order valence-corrected chi connectivity index (χ1v) is 8.81. The second kappa shape index (κ2) is 10.1. The Morgan fingerprint density at radius 2 is 1.57 bits per heavy atom. The predicted octanol–water partition coefficient (Wildman–Crippen LogP) is 2.59. The second-order valence-electron chi connectivity index (χ2n) is 6.15. The maximum Gasteiger partial charge on any atom is 0.243 e. The molecule has 148 valence electrons. The van der Waals surface area contributed by atoms with E-state index in [9.17, 15) is 14.4 Å². The van der Waals surface area contributed by atoms with Crippen molar-refractivity contribution in [1.29, 1.82) is 0 Å². The Bertz CT molecular complexity index is 846. The summed E-state index contributed by atoms with van der Waals surface area (Å²) >= 11 is 0. The van der Waals surface area contributed by atoms with Gasteiger partial charge in [-0.05, 0) is 55.3 Å². The first kappa shape index (κ1) is 21.0. The number of ether oxygens (including phenoxy) is 2. The highest BCUT2D eigenvalue weighted by Gasteiger charge is 2.09. The molecule has 2 N–H and O–H groups in total. The lowest BCUT2D eigenvalue weighted by molar-refractivity contribution is -0.124. The van der Waals surface area contributed by atoms with Gasteiger partial charge in [-0.15, -0.1) is 0 Å². The van der Waals surface area contributed by atoms with Gasteiger partial charge in [0.05, 0.1) is 20.8 Å². The van der Waals surface area contributed by atoms with E-state index in [1.807, 2.05) is 12.1 Å². The number of rotatable bonds is 9. The summed E-state index contributed by atoms with van der Waals surface area (Å²) in [6.07, 6.45) is 0.760. The molecule has 7 heteroatoms. The zero-order valence-electron chi connectivity index (χ0n) is 16.2. The van der Waals surface area contributed by atoms with Crippen LogP contribution in [0.5, 0.6) is 11.5 Å². The van der Waals surface area contributed by atoms with Gasteiger partial charge in [-0.25, -0.2) is 0 Å².